The van der Waals surface area contributed by atoms with Gasteiger partial charge in [-0.1, -0.05) is 35.9 Å². The highest BCUT2D eigenvalue weighted by Gasteiger charge is 2.32. The predicted molar refractivity (Wildman–Crippen MR) is 111 cm³/mol. The molecule has 1 fully saturated rings. The minimum absolute atomic E-state index is 0.253. The van der Waals surface area contributed by atoms with Gasteiger partial charge in [-0.05, 0) is 49.1 Å². The molecule has 0 N–H and O–H groups in total. The number of piperidine rings is 1. The van der Waals surface area contributed by atoms with Crippen LogP contribution in [0.25, 0.3) is 6.08 Å². The molecule has 0 radical (unpaired) electrons. The fourth-order valence-electron chi connectivity index (χ4n) is 3.71. The highest BCUT2D eigenvalue weighted by molar-refractivity contribution is 5.57. The van der Waals surface area contributed by atoms with Gasteiger partial charge in [-0.25, -0.2) is 4.98 Å². The molecule has 31 heavy (non-hydrogen) atoms. The lowest BCUT2D eigenvalue weighted by Crippen LogP contribution is -2.35. The number of alkyl halides is 3. The van der Waals surface area contributed by atoms with E-state index in [4.69, 9.17) is 9.26 Å². The summed E-state index contributed by atoms with van der Waals surface area (Å²) in [5.74, 6) is 1.97. The van der Waals surface area contributed by atoms with Crippen molar-refractivity contribution >= 4 is 11.8 Å². The zero-order chi connectivity index (χ0) is 22.0. The molecule has 3 aromatic rings. The molecule has 1 aliphatic rings. The number of pyridine rings is 1. The summed E-state index contributed by atoms with van der Waals surface area (Å²) in [7, 11) is 0. The molecule has 0 bridgehead atoms. The van der Waals surface area contributed by atoms with Crippen molar-refractivity contribution in [3.63, 3.8) is 0 Å². The van der Waals surface area contributed by atoms with Crippen molar-refractivity contribution in [2.24, 2.45) is 5.92 Å². The third kappa shape index (κ3) is 4.90. The highest BCUT2D eigenvalue weighted by atomic mass is 19.4. The Morgan fingerprint density at radius 3 is 2.65 bits per heavy atom. The quantitative estimate of drug-likeness (QED) is 0.500. The van der Waals surface area contributed by atoms with Crippen molar-refractivity contribution in [2.75, 3.05) is 18.0 Å². The summed E-state index contributed by atoms with van der Waals surface area (Å²) in [6, 6.07) is 9.65. The van der Waals surface area contributed by atoms with Gasteiger partial charge in [-0.15, -0.1) is 0 Å². The van der Waals surface area contributed by atoms with E-state index in [1.165, 1.54) is 11.6 Å². The SMILES string of the molecule is Cc1oncc1N1CCC(=Cc2cccc(Oc3ccc(C(F)(F)F)nc3)c2)C(C)C1. The summed E-state index contributed by atoms with van der Waals surface area (Å²) >= 11 is 0. The molecule has 162 valence electrons. The summed E-state index contributed by atoms with van der Waals surface area (Å²) < 4.78 is 48.8. The number of anilines is 1. The lowest BCUT2D eigenvalue weighted by molar-refractivity contribution is -0.141. The Hall–Kier alpha value is -3.29. The van der Waals surface area contributed by atoms with E-state index >= 15 is 0 Å². The van der Waals surface area contributed by atoms with Gasteiger partial charge in [-0.2, -0.15) is 13.2 Å². The zero-order valence-electron chi connectivity index (χ0n) is 17.2. The van der Waals surface area contributed by atoms with Crippen molar-refractivity contribution in [1.82, 2.24) is 10.1 Å². The lowest BCUT2D eigenvalue weighted by Gasteiger charge is -2.34. The number of aryl methyl sites for hydroxylation is 1. The van der Waals surface area contributed by atoms with Crippen LogP contribution in [0.4, 0.5) is 18.9 Å². The van der Waals surface area contributed by atoms with Crippen molar-refractivity contribution in [3.05, 3.63) is 71.4 Å². The Bertz CT molecular complexity index is 1070. The van der Waals surface area contributed by atoms with Crippen LogP contribution in [0.5, 0.6) is 11.5 Å². The molecule has 2 aromatic heterocycles. The third-order valence-corrected chi connectivity index (χ3v) is 5.34. The van der Waals surface area contributed by atoms with Crippen LogP contribution in [0.15, 0.2) is 58.9 Å². The number of nitrogens with zero attached hydrogens (tertiary/aromatic N) is 3. The number of aromatic nitrogens is 2. The monoisotopic (exact) mass is 429 g/mol. The van der Waals surface area contributed by atoms with Crippen molar-refractivity contribution in [1.29, 1.82) is 0 Å². The number of hydrogen-bond donors (Lipinski definition) is 0. The average Bonchev–Trinajstić information content (AvgIpc) is 3.15. The van der Waals surface area contributed by atoms with E-state index in [0.717, 1.165) is 48.8 Å². The first-order valence-electron chi connectivity index (χ1n) is 9.97. The maximum absolute atomic E-state index is 12.7. The Balaban J connectivity index is 1.45. The smallest absolute Gasteiger partial charge is 0.433 e. The van der Waals surface area contributed by atoms with Gasteiger partial charge in [0.1, 0.15) is 22.9 Å². The minimum Gasteiger partial charge on any atom is -0.456 e. The van der Waals surface area contributed by atoms with E-state index in [9.17, 15) is 13.2 Å². The largest absolute Gasteiger partial charge is 0.456 e. The molecule has 5 nitrogen and oxygen atoms in total. The molecule has 4 rings (SSSR count). The average molecular weight is 429 g/mol. The summed E-state index contributed by atoms with van der Waals surface area (Å²) in [5.41, 5.74) is 2.40. The van der Waals surface area contributed by atoms with Crippen LogP contribution in [0.1, 0.15) is 30.4 Å². The molecule has 1 aromatic carbocycles. The fraction of sp³-hybridized carbons (Fsp3) is 0.304. The highest BCUT2D eigenvalue weighted by Crippen LogP contribution is 2.32. The molecule has 1 saturated heterocycles. The van der Waals surface area contributed by atoms with Gasteiger partial charge in [0.2, 0.25) is 0 Å². The van der Waals surface area contributed by atoms with Crippen LogP contribution in [0, 0.1) is 12.8 Å². The lowest BCUT2D eigenvalue weighted by atomic mass is 9.91. The number of benzene rings is 1. The summed E-state index contributed by atoms with van der Waals surface area (Å²) in [6.45, 7) is 5.86. The molecule has 1 atom stereocenters. The molecular formula is C23H22F3N3O2. The van der Waals surface area contributed by atoms with E-state index in [1.807, 2.05) is 25.1 Å². The number of hydrogen-bond acceptors (Lipinski definition) is 5. The molecule has 1 unspecified atom stereocenters. The summed E-state index contributed by atoms with van der Waals surface area (Å²) in [5, 5.41) is 3.86. The second kappa shape index (κ2) is 8.45. The molecule has 1 aliphatic heterocycles. The van der Waals surface area contributed by atoms with Crippen LogP contribution in [-0.4, -0.2) is 23.2 Å². The normalized spacial score (nSPS) is 18.4. The van der Waals surface area contributed by atoms with Gasteiger partial charge in [0, 0.05) is 13.1 Å². The Kier molecular flexibility index (Phi) is 5.71. The second-order valence-corrected chi connectivity index (χ2v) is 7.63. The first-order valence-corrected chi connectivity index (χ1v) is 9.97. The molecule has 0 amide bonds. The maximum atomic E-state index is 12.7. The Labute approximate surface area is 178 Å². The molecule has 3 heterocycles. The first-order chi connectivity index (χ1) is 14.8. The van der Waals surface area contributed by atoms with Crippen molar-refractivity contribution < 1.29 is 22.4 Å². The minimum atomic E-state index is -4.47. The second-order valence-electron chi connectivity index (χ2n) is 7.63. The predicted octanol–water partition coefficient (Wildman–Crippen LogP) is 6.12. The van der Waals surface area contributed by atoms with E-state index in [2.05, 4.69) is 28.0 Å². The standard InChI is InChI=1S/C23H22F3N3O2/c1-15-14-29(21-13-28-31-16(21)2)9-8-18(15)10-17-4-3-5-19(11-17)30-20-6-7-22(27-12-20)23(24,25)26/h3-7,10-13,15H,8-9,14H2,1-2H3. The van der Waals surface area contributed by atoms with Gasteiger partial charge in [0.15, 0.2) is 5.76 Å². The van der Waals surface area contributed by atoms with E-state index in [1.54, 1.807) is 12.3 Å². The van der Waals surface area contributed by atoms with Crippen molar-refractivity contribution in [2.45, 2.75) is 26.4 Å². The molecule has 0 spiro atoms. The number of rotatable bonds is 4. The van der Waals surface area contributed by atoms with E-state index < -0.39 is 11.9 Å². The van der Waals surface area contributed by atoms with Crippen LogP contribution in [0.2, 0.25) is 0 Å². The van der Waals surface area contributed by atoms with E-state index in [0.29, 0.717) is 11.7 Å². The topological polar surface area (TPSA) is 51.4 Å². The molecular weight excluding hydrogens is 407 g/mol. The summed E-state index contributed by atoms with van der Waals surface area (Å²) in [4.78, 5) is 5.71. The van der Waals surface area contributed by atoms with Gasteiger partial charge in [0.05, 0.1) is 12.4 Å². The number of ether oxygens (including phenoxy) is 1. The van der Waals surface area contributed by atoms with Crippen LogP contribution >= 0.6 is 0 Å². The zero-order valence-corrected chi connectivity index (χ0v) is 17.2. The molecule has 0 aliphatic carbocycles. The Morgan fingerprint density at radius 2 is 2.00 bits per heavy atom. The van der Waals surface area contributed by atoms with Gasteiger partial charge in [-0.3, -0.25) is 0 Å². The maximum Gasteiger partial charge on any atom is 0.433 e. The third-order valence-electron chi connectivity index (χ3n) is 5.34. The van der Waals surface area contributed by atoms with Gasteiger partial charge in [0.25, 0.3) is 0 Å². The fourth-order valence-corrected chi connectivity index (χ4v) is 3.71. The van der Waals surface area contributed by atoms with Gasteiger partial charge >= 0.3 is 6.18 Å². The van der Waals surface area contributed by atoms with Crippen LogP contribution < -0.4 is 9.64 Å². The van der Waals surface area contributed by atoms with Crippen LogP contribution in [0.3, 0.4) is 0 Å². The van der Waals surface area contributed by atoms with E-state index in [-0.39, 0.29) is 5.75 Å². The molecule has 8 heteroatoms. The first kappa shape index (κ1) is 21.0. The Morgan fingerprint density at radius 1 is 1.16 bits per heavy atom. The number of halogens is 3. The molecule has 0 saturated carbocycles. The van der Waals surface area contributed by atoms with Crippen LogP contribution in [-0.2, 0) is 6.18 Å². The van der Waals surface area contributed by atoms with Crippen molar-refractivity contribution in [3.8, 4) is 11.5 Å². The van der Waals surface area contributed by atoms with Gasteiger partial charge < -0.3 is 14.2 Å². The summed E-state index contributed by atoms with van der Waals surface area (Å²) in [6.07, 6.45) is 1.44.